The van der Waals surface area contributed by atoms with E-state index < -0.39 is 5.97 Å². The van der Waals surface area contributed by atoms with Crippen molar-refractivity contribution in [1.82, 2.24) is 9.88 Å². The molecule has 2 rings (SSSR count). The quantitative estimate of drug-likeness (QED) is 0.886. The van der Waals surface area contributed by atoms with Crippen LogP contribution >= 0.6 is 0 Å². The van der Waals surface area contributed by atoms with Crippen LogP contribution in [0.5, 0.6) is 0 Å². The summed E-state index contributed by atoms with van der Waals surface area (Å²) in [5, 5.41) is 8.93. The molecule has 1 heterocycles. The molecular weight excluding hydrogens is 240 g/mol. The topological polar surface area (TPSA) is 53.4 Å². The molecular formula is C15H22N2O2. The predicted molar refractivity (Wildman–Crippen MR) is 74.1 cm³/mol. The monoisotopic (exact) mass is 262 g/mol. The van der Waals surface area contributed by atoms with Crippen LogP contribution in [-0.2, 0) is 6.54 Å². The van der Waals surface area contributed by atoms with Crippen molar-refractivity contribution in [2.24, 2.45) is 5.92 Å². The number of carboxylic acids is 1. The summed E-state index contributed by atoms with van der Waals surface area (Å²) in [5.74, 6) is -0.156. The van der Waals surface area contributed by atoms with Crippen molar-refractivity contribution < 1.29 is 9.90 Å². The summed E-state index contributed by atoms with van der Waals surface area (Å²) in [6, 6.07) is 3.56. The minimum Gasteiger partial charge on any atom is -0.477 e. The number of carbonyl (C=O) groups is 1. The van der Waals surface area contributed by atoms with E-state index in [0.717, 1.165) is 24.6 Å². The molecule has 4 heteroatoms. The Kier molecular flexibility index (Phi) is 4.91. The van der Waals surface area contributed by atoms with Crippen molar-refractivity contribution in [3.63, 3.8) is 0 Å². The van der Waals surface area contributed by atoms with Crippen LogP contribution in [0.15, 0.2) is 18.3 Å². The molecule has 0 bridgehead atoms. The maximum absolute atomic E-state index is 10.9. The maximum atomic E-state index is 10.9. The molecule has 0 amide bonds. The highest BCUT2D eigenvalue weighted by molar-refractivity contribution is 5.85. The van der Waals surface area contributed by atoms with Crippen molar-refractivity contribution in [2.45, 2.75) is 38.6 Å². The summed E-state index contributed by atoms with van der Waals surface area (Å²) in [4.78, 5) is 17.0. The van der Waals surface area contributed by atoms with Gasteiger partial charge in [-0.25, -0.2) is 9.78 Å². The number of rotatable bonds is 5. The molecule has 1 aliphatic rings. The molecule has 0 unspecified atom stereocenters. The first-order valence-corrected chi connectivity index (χ1v) is 7.02. The normalized spacial score (nSPS) is 16.7. The Morgan fingerprint density at radius 1 is 1.42 bits per heavy atom. The van der Waals surface area contributed by atoms with Crippen LogP contribution in [0.3, 0.4) is 0 Å². The molecule has 0 spiro atoms. The van der Waals surface area contributed by atoms with Crippen LogP contribution in [0.2, 0.25) is 0 Å². The highest BCUT2D eigenvalue weighted by Crippen LogP contribution is 2.24. The Bertz CT molecular complexity index is 428. The van der Waals surface area contributed by atoms with E-state index in [1.807, 2.05) is 6.07 Å². The van der Waals surface area contributed by atoms with E-state index >= 15 is 0 Å². The van der Waals surface area contributed by atoms with Crippen LogP contribution in [0, 0.1) is 5.92 Å². The van der Waals surface area contributed by atoms with E-state index in [2.05, 4.69) is 16.9 Å². The van der Waals surface area contributed by atoms with Crippen LogP contribution in [0.4, 0.5) is 0 Å². The number of aromatic carboxylic acids is 1. The fraction of sp³-hybridized carbons (Fsp3) is 0.600. The molecule has 4 nitrogen and oxygen atoms in total. The number of hydrogen-bond donors (Lipinski definition) is 1. The lowest BCUT2D eigenvalue weighted by molar-refractivity contribution is 0.0690. The molecule has 19 heavy (non-hydrogen) atoms. The summed E-state index contributed by atoms with van der Waals surface area (Å²) >= 11 is 0. The lowest BCUT2D eigenvalue weighted by Crippen LogP contribution is -2.26. The molecule has 104 valence electrons. The third-order valence-electron chi connectivity index (χ3n) is 3.79. The van der Waals surface area contributed by atoms with E-state index in [9.17, 15) is 4.79 Å². The van der Waals surface area contributed by atoms with Crippen molar-refractivity contribution in [3.05, 3.63) is 29.6 Å². The number of aromatic nitrogens is 1. The summed E-state index contributed by atoms with van der Waals surface area (Å²) in [6.45, 7) is 1.89. The molecule has 1 saturated carbocycles. The van der Waals surface area contributed by atoms with Gasteiger partial charge in [-0.2, -0.15) is 0 Å². The Balaban J connectivity index is 1.88. The van der Waals surface area contributed by atoms with Gasteiger partial charge in [-0.05, 0) is 43.5 Å². The largest absolute Gasteiger partial charge is 0.477 e. The van der Waals surface area contributed by atoms with Crippen LogP contribution < -0.4 is 0 Å². The van der Waals surface area contributed by atoms with E-state index in [0.29, 0.717) is 0 Å². The number of pyridine rings is 1. The summed E-state index contributed by atoms with van der Waals surface area (Å²) in [7, 11) is 2.11. The zero-order valence-electron chi connectivity index (χ0n) is 11.5. The fourth-order valence-electron chi connectivity index (χ4n) is 2.88. The molecule has 1 aromatic rings. The molecule has 1 aromatic heterocycles. The van der Waals surface area contributed by atoms with Gasteiger partial charge in [-0.15, -0.1) is 0 Å². The van der Waals surface area contributed by atoms with Gasteiger partial charge in [0.1, 0.15) is 5.69 Å². The summed E-state index contributed by atoms with van der Waals surface area (Å²) in [5.41, 5.74) is 1.15. The third kappa shape index (κ3) is 4.31. The number of carboxylic acid groups (broad SMARTS) is 1. The maximum Gasteiger partial charge on any atom is 0.354 e. The van der Waals surface area contributed by atoms with Crippen molar-refractivity contribution in [3.8, 4) is 0 Å². The van der Waals surface area contributed by atoms with Crippen LogP contribution in [0.1, 0.15) is 48.2 Å². The molecule has 0 radical (unpaired) electrons. The molecule has 0 aromatic carbocycles. The molecule has 1 N–H and O–H groups in total. The van der Waals surface area contributed by atoms with E-state index in [4.69, 9.17) is 5.11 Å². The second-order valence-electron chi connectivity index (χ2n) is 5.56. The van der Waals surface area contributed by atoms with Gasteiger partial charge in [-0.3, -0.25) is 0 Å². The fourth-order valence-corrected chi connectivity index (χ4v) is 2.88. The Hall–Kier alpha value is -1.42. The van der Waals surface area contributed by atoms with E-state index in [-0.39, 0.29) is 5.69 Å². The van der Waals surface area contributed by atoms with Crippen LogP contribution in [-0.4, -0.2) is 34.6 Å². The van der Waals surface area contributed by atoms with Crippen molar-refractivity contribution >= 4 is 5.97 Å². The SMILES string of the molecule is CN(Cc1ccnc(C(=O)O)c1)CC1CCCCC1. The third-order valence-corrected chi connectivity index (χ3v) is 3.79. The van der Waals surface area contributed by atoms with Gasteiger partial charge in [0.15, 0.2) is 0 Å². The predicted octanol–water partition coefficient (Wildman–Crippen LogP) is 2.79. The second kappa shape index (κ2) is 6.66. The molecule has 0 aliphatic heterocycles. The highest BCUT2D eigenvalue weighted by atomic mass is 16.4. The zero-order valence-corrected chi connectivity index (χ0v) is 11.5. The van der Waals surface area contributed by atoms with Gasteiger partial charge in [0.05, 0.1) is 0 Å². The van der Waals surface area contributed by atoms with Crippen molar-refractivity contribution in [1.29, 1.82) is 0 Å². The molecule has 0 atom stereocenters. The highest BCUT2D eigenvalue weighted by Gasteiger charge is 2.15. The van der Waals surface area contributed by atoms with Gasteiger partial charge in [-0.1, -0.05) is 19.3 Å². The molecule has 1 aliphatic carbocycles. The van der Waals surface area contributed by atoms with Gasteiger partial charge in [0.25, 0.3) is 0 Å². The first kappa shape index (κ1) is 14.0. The summed E-state index contributed by atoms with van der Waals surface area (Å²) in [6.07, 6.45) is 8.34. The average molecular weight is 262 g/mol. The minimum atomic E-state index is -0.961. The van der Waals surface area contributed by atoms with Gasteiger partial charge in [0.2, 0.25) is 0 Å². The second-order valence-corrected chi connectivity index (χ2v) is 5.56. The zero-order chi connectivity index (χ0) is 13.7. The first-order chi connectivity index (χ1) is 9.15. The number of hydrogen-bond acceptors (Lipinski definition) is 3. The van der Waals surface area contributed by atoms with Gasteiger partial charge < -0.3 is 10.0 Å². The Morgan fingerprint density at radius 2 is 2.16 bits per heavy atom. The van der Waals surface area contributed by atoms with Gasteiger partial charge in [0, 0.05) is 19.3 Å². The van der Waals surface area contributed by atoms with E-state index in [1.54, 1.807) is 12.3 Å². The van der Waals surface area contributed by atoms with E-state index in [1.165, 1.54) is 32.1 Å². The Morgan fingerprint density at radius 3 is 2.84 bits per heavy atom. The smallest absolute Gasteiger partial charge is 0.354 e. The molecule has 0 saturated heterocycles. The lowest BCUT2D eigenvalue weighted by Gasteiger charge is -2.27. The standard InChI is InChI=1S/C15H22N2O2/c1-17(10-12-5-3-2-4-6-12)11-13-7-8-16-14(9-13)15(18)19/h7-9,12H,2-6,10-11H2,1H3,(H,18,19). The first-order valence-electron chi connectivity index (χ1n) is 7.02. The lowest BCUT2D eigenvalue weighted by atomic mass is 9.89. The average Bonchev–Trinajstić information content (AvgIpc) is 2.40. The van der Waals surface area contributed by atoms with Crippen LogP contribution in [0.25, 0.3) is 0 Å². The number of nitrogens with zero attached hydrogens (tertiary/aromatic N) is 2. The minimum absolute atomic E-state index is 0.128. The van der Waals surface area contributed by atoms with Crippen molar-refractivity contribution in [2.75, 3.05) is 13.6 Å². The molecule has 1 fully saturated rings. The Labute approximate surface area is 114 Å². The van der Waals surface area contributed by atoms with Gasteiger partial charge >= 0.3 is 5.97 Å². The summed E-state index contributed by atoms with van der Waals surface area (Å²) < 4.78 is 0.